The van der Waals surface area contributed by atoms with Crippen molar-refractivity contribution in [2.75, 3.05) is 6.54 Å². The van der Waals surface area contributed by atoms with Crippen LogP contribution in [0.4, 0.5) is 17.6 Å². The summed E-state index contributed by atoms with van der Waals surface area (Å²) >= 11 is 0. The van der Waals surface area contributed by atoms with Gasteiger partial charge in [0.1, 0.15) is 5.82 Å². The number of hydrogen-bond donors (Lipinski definition) is 1. The lowest BCUT2D eigenvalue weighted by Crippen LogP contribution is -2.24. The summed E-state index contributed by atoms with van der Waals surface area (Å²) in [5.74, 6) is -0.831. The molecule has 2 atom stereocenters. The minimum absolute atomic E-state index is 0.179. The van der Waals surface area contributed by atoms with Crippen LogP contribution in [0.5, 0.6) is 0 Å². The lowest BCUT2D eigenvalue weighted by molar-refractivity contribution is -0.140. The third-order valence-corrected chi connectivity index (χ3v) is 3.67. The van der Waals surface area contributed by atoms with E-state index < -0.39 is 17.6 Å². The number of hydrogen-bond acceptors (Lipinski definition) is 1. The van der Waals surface area contributed by atoms with E-state index in [1.807, 2.05) is 13.8 Å². The molecule has 21 heavy (non-hydrogen) atoms. The van der Waals surface area contributed by atoms with Gasteiger partial charge in [0, 0.05) is 6.04 Å². The molecule has 120 valence electrons. The van der Waals surface area contributed by atoms with Gasteiger partial charge in [0.15, 0.2) is 0 Å². The Kier molecular flexibility index (Phi) is 6.65. The Morgan fingerprint density at radius 1 is 1.19 bits per heavy atom. The molecule has 0 spiro atoms. The van der Waals surface area contributed by atoms with Gasteiger partial charge >= 0.3 is 6.18 Å². The van der Waals surface area contributed by atoms with E-state index in [-0.39, 0.29) is 6.04 Å². The van der Waals surface area contributed by atoms with E-state index in [0.29, 0.717) is 11.5 Å². The molecule has 0 aliphatic heterocycles. The summed E-state index contributed by atoms with van der Waals surface area (Å²) in [6, 6.07) is 3.11. The molecule has 0 bridgehead atoms. The van der Waals surface area contributed by atoms with E-state index in [1.165, 1.54) is 6.07 Å². The van der Waals surface area contributed by atoms with Gasteiger partial charge in [-0.15, -0.1) is 0 Å². The topological polar surface area (TPSA) is 12.0 Å². The summed E-state index contributed by atoms with van der Waals surface area (Å²) < 4.78 is 51.8. The molecular weight excluding hydrogens is 282 g/mol. The molecule has 0 radical (unpaired) electrons. The number of halogens is 4. The molecule has 0 heterocycles. The fourth-order valence-electron chi connectivity index (χ4n) is 2.20. The quantitative estimate of drug-likeness (QED) is 0.672. The summed E-state index contributed by atoms with van der Waals surface area (Å²) in [6.45, 7) is 6.83. The summed E-state index contributed by atoms with van der Waals surface area (Å²) in [7, 11) is 0. The van der Waals surface area contributed by atoms with Gasteiger partial charge in [-0.3, -0.25) is 0 Å². The number of alkyl halides is 3. The highest BCUT2D eigenvalue weighted by Crippen LogP contribution is 2.34. The van der Waals surface area contributed by atoms with Crippen LogP contribution in [0.2, 0.25) is 0 Å². The largest absolute Gasteiger partial charge is 0.419 e. The van der Waals surface area contributed by atoms with E-state index in [2.05, 4.69) is 12.2 Å². The Morgan fingerprint density at radius 2 is 1.86 bits per heavy atom. The first-order valence-corrected chi connectivity index (χ1v) is 7.39. The molecule has 0 aromatic heterocycles. The zero-order chi connectivity index (χ0) is 16.0. The average molecular weight is 305 g/mol. The van der Waals surface area contributed by atoms with Crippen LogP contribution in [0, 0.1) is 11.7 Å². The molecule has 1 nitrogen and oxygen atoms in total. The van der Waals surface area contributed by atoms with Crippen LogP contribution in [0.3, 0.4) is 0 Å². The fraction of sp³-hybridized carbons (Fsp3) is 0.625. The Morgan fingerprint density at radius 3 is 2.38 bits per heavy atom. The van der Waals surface area contributed by atoms with Gasteiger partial charge in [-0.05, 0) is 43.0 Å². The van der Waals surface area contributed by atoms with Gasteiger partial charge in [0.25, 0.3) is 0 Å². The summed E-state index contributed by atoms with van der Waals surface area (Å²) in [6.07, 6.45) is -2.08. The van der Waals surface area contributed by atoms with Crippen LogP contribution in [0.1, 0.15) is 57.2 Å². The van der Waals surface area contributed by atoms with Crippen molar-refractivity contribution in [3.05, 3.63) is 35.1 Å². The first-order valence-electron chi connectivity index (χ1n) is 7.39. The maximum absolute atomic E-state index is 13.4. The minimum Gasteiger partial charge on any atom is -0.310 e. The monoisotopic (exact) mass is 305 g/mol. The van der Waals surface area contributed by atoms with Gasteiger partial charge in [-0.2, -0.15) is 13.2 Å². The standard InChI is InChI=1S/C16H23F4N/c1-4-8-21-15(9-11(3)5-2)12-6-7-14(17)13(10-12)16(18,19)20/h6-7,10-11,15,21H,4-5,8-9H2,1-3H3. The third kappa shape index (κ3) is 5.30. The first kappa shape index (κ1) is 18.0. The van der Waals surface area contributed by atoms with Gasteiger partial charge in [0.2, 0.25) is 0 Å². The highest BCUT2D eigenvalue weighted by Gasteiger charge is 2.34. The van der Waals surface area contributed by atoms with E-state index >= 15 is 0 Å². The summed E-state index contributed by atoms with van der Waals surface area (Å²) in [5.41, 5.74) is -0.690. The van der Waals surface area contributed by atoms with Gasteiger partial charge in [0.05, 0.1) is 5.56 Å². The van der Waals surface area contributed by atoms with E-state index in [0.717, 1.165) is 37.9 Å². The molecule has 1 aromatic carbocycles. The minimum atomic E-state index is -4.66. The third-order valence-electron chi connectivity index (χ3n) is 3.67. The van der Waals surface area contributed by atoms with Crippen LogP contribution >= 0.6 is 0 Å². The van der Waals surface area contributed by atoms with Crippen LogP contribution in [-0.2, 0) is 6.18 Å². The van der Waals surface area contributed by atoms with Crippen molar-refractivity contribution in [2.24, 2.45) is 5.92 Å². The Bertz CT molecular complexity index is 442. The van der Waals surface area contributed by atoms with E-state index in [1.54, 1.807) is 0 Å². The Hall–Kier alpha value is -1.10. The molecule has 5 heteroatoms. The lowest BCUT2D eigenvalue weighted by Gasteiger charge is -2.23. The predicted molar refractivity (Wildman–Crippen MR) is 76.5 cm³/mol. The van der Waals surface area contributed by atoms with Crippen molar-refractivity contribution in [3.63, 3.8) is 0 Å². The van der Waals surface area contributed by atoms with Gasteiger partial charge in [-0.1, -0.05) is 33.3 Å². The molecular formula is C16H23F4N. The predicted octanol–water partition coefficient (Wildman–Crippen LogP) is 5.32. The van der Waals surface area contributed by atoms with Crippen molar-refractivity contribution < 1.29 is 17.6 Å². The lowest BCUT2D eigenvalue weighted by atomic mass is 9.93. The molecule has 0 fully saturated rings. The fourth-order valence-corrected chi connectivity index (χ4v) is 2.20. The van der Waals surface area contributed by atoms with Gasteiger partial charge < -0.3 is 5.32 Å². The van der Waals surface area contributed by atoms with Crippen LogP contribution in [0.25, 0.3) is 0 Å². The number of benzene rings is 1. The summed E-state index contributed by atoms with van der Waals surface area (Å²) in [4.78, 5) is 0. The summed E-state index contributed by atoms with van der Waals surface area (Å²) in [5, 5.41) is 3.26. The highest BCUT2D eigenvalue weighted by molar-refractivity contribution is 5.29. The Labute approximate surface area is 123 Å². The smallest absolute Gasteiger partial charge is 0.310 e. The zero-order valence-corrected chi connectivity index (χ0v) is 12.7. The number of rotatable bonds is 7. The van der Waals surface area contributed by atoms with Gasteiger partial charge in [-0.25, -0.2) is 4.39 Å². The second-order valence-corrected chi connectivity index (χ2v) is 5.49. The van der Waals surface area contributed by atoms with Crippen molar-refractivity contribution >= 4 is 0 Å². The maximum Gasteiger partial charge on any atom is 0.419 e. The normalized spacial score (nSPS) is 15.0. The Balaban J connectivity index is 3.06. The molecule has 0 amide bonds. The highest BCUT2D eigenvalue weighted by atomic mass is 19.4. The molecule has 1 aromatic rings. The number of nitrogens with one attached hydrogen (secondary N) is 1. The van der Waals surface area contributed by atoms with Crippen molar-refractivity contribution in [3.8, 4) is 0 Å². The first-order chi connectivity index (χ1) is 9.79. The SMILES string of the molecule is CCCNC(CC(C)CC)c1ccc(F)c(C(F)(F)F)c1. The zero-order valence-electron chi connectivity index (χ0n) is 12.7. The molecule has 0 saturated heterocycles. The van der Waals surface area contributed by atoms with Crippen LogP contribution in [-0.4, -0.2) is 6.54 Å². The second kappa shape index (κ2) is 7.78. The molecule has 1 N–H and O–H groups in total. The molecule has 0 saturated carbocycles. The van der Waals surface area contributed by atoms with E-state index in [4.69, 9.17) is 0 Å². The maximum atomic E-state index is 13.4. The molecule has 0 aliphatic rings. The van der Waals surface area contributed by atoms with Crippen molar-refractivity contribution in [1.29, 1.82) is 0 Å². The van der Waals surface area contributed by atoms with Crippen LogP contribution in [0.15, 0.2) is 18.2 Å². The van der Waals surface area contributed by atoms with Crippen LogP contribution < -0.4 is 5.32 Å². The second-order valence-electron chi connectivity index (χ2n) is 5.49. The molecule has 0 aliphatic carbocycles. The average Bonchev–Trinajstić information content (AvgIpc) is 2.42. The molecule has 2 unspecified atom stereocenters. The van der Waals surface area contributed by atoms with E-state index in [9.17, 15) is 17.6 Å². The van der Waals surface area contributed by atoms with Crippen molar-refractivity contribution in [1.82, 2.24) is 5.32 Å². The van der Waals surface area contributed by atoms with Crippen molar-refractivity contribution in [2.45, 2.75) is 52.3 Å². The molecule has 1 rings (SSSR count).